The first kappa shape index (κ1) is 41.7. The number of quaternary nitrogens is 1. The van der Waals surface area contributed by atoms with Gasteiger partial charge >= 0.3 is 7.82 Å². The van der Waals surface area contributed by atoms with E-state index >= 15 is 0 Å². The summed E-state index contributed by atoms with van der Waals surface area (Å²) in [4.78, 5) is 22.6. The zero-order chi connectivity index (χ0) is 32.2. The average Bonchev–Trinajstić information content (AvgIpc) is 2.93. The number of nitrogens with one attached hydrogen (secondary N) is 1. The van der Waals surface area contributed by atoms with Crippen molar-refractivity contribution in [3.63, 3.8) is 0 Å². The van der Waals surface area contributed by atoms with E-state index in [2.05, 4.69) is 36.5 Å². The molecule has 0 radical (unpaired) electrons. The summed E-state index contributed by atoms with van der Waals surface area (Å²) in [6.07, 6.45) is 30.0. The Hall–Kier alpha value is -1.28. The molecule has 0 aromatic rings. The molecule has 43 heavy (non-hydrogen) atoms. The number of unbranched alkanes of at least 4 members (excludes halogenated alkanes) is 12. The molecule has 0 aromatic heterocycles. The molecule has 9 heteroatoms. The third kappa shape index (κ3) is 29.2. The highest BCUT2D eigenvalue weighted by Crippen LogP contribution is 2.43. The number of hydrogen-bond donors (Lipinski definition) is 3. The smallest absolute Gasteiger partial charge is 0.387 e. The number of nitrogens with zero attached hydrogens (tertiary/aromatic N) is 1. The summed E-state index contributed by atoms with van der Waals surface area (Å²) in [5, 5.41) is 13.4. The van der Waals surface area contributed by atoms with Crippen LogP contribution in [0.3, 0.4) is 0 Å². The molecule has 0 aliphatic rings. The number of phosphoric acid groups is 1. The Morgan fingerprint density at radius 2 is 1.37 bits per heavy atom. The van der Waals surface area contributed by atoms with Crippen molar-refractivity contribution in [2.75, 3.05) is 40.9 Å². The van der Waals surface area contributed by atoms with Gasteiger partial charge < -0.3 is 19.8 Å². The first-order valence-corrected chi connectivity index (χ1v) is 18.4. The van der Waals surface area contributed by atoms with Crippen LogP contribution in [0.25, 0.3) is 0 Å². The third-order valence-electron chi connectivity index (χ3n) is 7.09. The lowest BCUT2D eigenvalue weighted by atomic mass is 10.1. The molecule has 0 aliphatic heterocycles. The van der Waals surface area contributed by atoms with E-state index in [1.54, 1.807) is 6.08 Å². The number of hydrogen-bond acceptors (Lipinski definition) is 5. The van der Waals surface area contributed by atoms with Crippen molar-refractivity contribution in [1.82, 2.24) is 5.32 Å². The Morgan fingerprint density at radius 1 is 0.791 bits per heavy atom. The van der Waals surface area contributed by atoms with Crippen LogP contribution in [-0.2, 0) is 18.4 Å². The van der Waals surface area contributed by atoms with Crippen LogP contribution in [0.15, 0.2) is 36.5 Å². The highest BCUT2D eigenvalue weighted by molar-refractivity contribution is 7.47. The van der Waals surface area contributed by atoms with Crippen LogP contribution in [0.1, 0.15) is 123 Å². The molecule has 0 aromatic carbocycles. The van der Waals surface area contributed by atoms with Gasteiger partial charge in [-0.3, -0.25) is 13.8 Å². The van der Waals surface area contributed by atoms with Gasteiger partial charge in [-0.2, -0.15) is 0 Å². The molecule has 0 rings (SSSR count). The lowest BCUT2D eigenvalue weighted by Crippen LogP contribution is -2.45. The van der Waals surface area contributed by atoms with Crippen molar-refractivity contribution < 1.29 is 32.9 Å². The van der Waals surface area contributed by atoms with Crippen LogP contribution < -0.4 is 5.32 Å². The largest absolute Gasteiger partial charge is 0.472 e. The number of amides is 1. The summed E-state index contributed by atoms with van der Waals surface area (Å²) in [5.74, 6) is -0.201. The molecule has 1 amide bonds. The number of aliphatic hydroxyl groups excluding tert-OH is 1. The van der Waals surface area contributed by atoms with E-state index in [1.165, 1.54) is 57.8 Å². The van der Waals surface area contributed by atoms with Crippen molar-refractivity contribution in [2.45, 2.75) is 135 Å². The standard InChI is InChI=1S/C34H65N2O6P/c1-6-8-10-11-12-13-14-15-16-17-18-19-20-21-22-23-24-26-28-34(38)35-32(33(37)27-25-9-7-2)31-42-43(39,40)41-30-29-36(3,4)5/h13-14,16-17,25,27,32-33,37H,6-12,15,18-24,26,28-31H2,1-5H3,(H-,35,38,39,40)/p+1/b14-13-,17-16-,27-25+. The molecule has 0 spiro atoms. The van der Waals surface area contributed by atoms with Crippen molar-refractivity contribution in [2.24, 2.45) is 0 Å². The summed E-state index contributed by atoms with van der Waals surface area (Å²) in [5.41, 5.74) is 0. The summed E-state index contributed by atoms with van der Waals surface area (Å²) in [6, 6.07) is -0.844. The minimum absolute atomic E-state index is 0.0570. The number of rotatable bonds is 29. The number of aliphatic hydroxyl groups is 1. The van der Waals surface area contributed by atoms with Gasteiger partial charge in [0.05, 0.1) is 39.9 Å². The maximum Gasteiger partial charge on any atom is 0.472 e. The zero-order valence-corrected chi connectivity index (χ0v) is 29.1. The molecule has 252 valence electrons. The third-order valence-corrected chi connectivity index (χ3v) is 8.07. The highest BCUT2D eigenvalue weighted by Gasteiger charge is 2.27. The Morgan fingerprint density at radius 3 is 1.95 bits per heavy atom. The minimum Gasteiger partial charge on any atom is -0.387 e. The molecule has 0 fully saturated rings. The maximum atomic E-state index is 12.6. The normalized spacial score (nSPS) is 15.4. The second kappa shape index (κ2) is 27.1. The predicted octanol–water partition coefficient (Wildman–Crippen LogP) is 8.01. The Bertz CT molecular complexity index is 809. The fourth-order valence-corrected chi connectivity index (χ4v) is 5.05. The van der Waals surface area contributed by atoms with E-state index in [4.69, 9.17) is 9.05 Å². The molecular weight excluding hydrogens is 563 g/mol. The van der Waals surface area contributed by atoms with E-state index in [1.807, 2.05) is 34.1 Å². The van der Waals surface area contributed by atoms with E-state index in [-0.39, 0.29) is 19.1 Å². The molecule has 0 bridgehead atoms. The van der Waals surface area contributed by atoms with E-state index in [0.29, 0.717) is 17.4 Å². The Kier molecular flexibility index (Phi) is 26.3. The molecule has 0 saturated heterocycles. The van der Waals surface area contributed by atoms with Crippen molar-refractivity contribution in [3.8, 4) is 0 Å². The second-order valence-electron chi connectivity index (χ2n) is 12.5. The fourth-order valence-electron chi connectivity index (χ4n) is 4.31. The van der Waals surface area contributed by atoms with Gasteiger partial charge in [0, 0.05) is 6.42 Å². The number of carbonyl (C=O) groups is 1. The molecule has 3 unspecified atom stereocenters. The van der Waals surface area contributed by atoms with Crippen LogP contribution >= 0.6 is 7.82 Å². The maximum absolute atomic E-state index is 12.6. The lowest BCUT2D eigenvalue weighted by Gasteiger charge is -2.25. The van der Waals surface area contributed by atoms with Crippen LogP contribution in [0.5, 0.6) is 0 Å². The molecule has 0 heterocycles. The summed E-state index contributed by atoms with van der Waals surface area (Å²) >= 11 is 0. The number of phosphoric ester groups is 1. The first-order chi connectivity index (χ1) is 20.5. The van der Waals surface area contributed by atoms with Crippen LogP contribution in [-0.4, -0.2) is 73.4 Å². The molecule has 8 nitrogen and oxygen atoms in total. The van der Waals surface area contributed by atoms with E-state index < -0.39 is 20.0 Å². The van der Waals surface area contributed by atoms with Crippen LogP contribution in [0, 0.1) is 0 Å². The highest BCUT2D eigenvalue weighted by atomic mass is 31.2. The van der Waals surface area contributed by atoms with Crippen LogP contribution in [0.2, 0.25) is 0 Å². The molecular formula is C34H66N2O6P+. The van der Waals surface area contributed by atoms with Gasteiger partial charge in [-0.25, -0.2) is 4.57 Å². The number of allylic oxidation sites excluding steroid dienone is 5. The van der Waals surface area contributed by atoms with Gasteiger partial charge in [0.1, 0.15) is 13.2 Å². The predicted molar refractivity (Wildman–Crippen MR) is 180 cm³/mol. The summed E-state index contributed by atoms with van der Waals surface area (Å²) < 4.78 is 23.1. The second-order valence-corrected chi connectivity index (χ2v) is 14.0. The first-order valence-electron chi connectivity index (χ1n) is 16.9. The van der Waals surface area contributed by atoms with Gasteiger partial charge in [-0.05, 0) is 44.9 Å². The molecule has 3 N–H and O–H groups in total. The average molecular weight is 630 g/mol. The summed E-state index contributed by atoms with van der Waals surface area (Å²) in [7, 11) is 1.55. The SMILES string of the molecule is CCC/C=C/C(O)C(COP(=O)(O)OCC[N+](C)(C)C)NC(=O)CCCCCCCCC/C=C\C/C=C\CCCCCC. The van der Waals surface area contributed by atoms with Gasteiger partial charge in [0.15, 0.2) is 0 Å². The quantitative estimate of drug-likeness (QED) is 0.0335. The molecule has 3 atom stereocenters. The minimum atomic E-state index is -4.31. The van der Waals surface area contributed by atoms with Gasteiger partial charge in [-0.15, -0.1) is 0 Å². The van der Waals surface area contributed by atoms with Crippen molar-refractivity contribution >= 4 is 13.7 Å². The Labute approximate surface area is 264 Å². The van der Waals surface area contributed by atoms with Gasteiger partial charge in [-0.1, -0.05) is 108 Å². The molecule has 0 saturated carbocycles. The monoisotopic (exact) mass is 629 g/mol. The Balaban J connectivity index is 4.19. The fraction of sp³-hybridized carbons (Fsp3) is 0.794. The topological polar surface area (TPSA) is 105 Å². The van der Waals surface area contributed by atoms with Crippen molar-refractivity contribution in [3.05, 3.63) is 36.5 Å². The number of carbonyl (C=O) groups excluding carboxylic acids is 1. The number of likely N-dealkylation sites (N-methyl/N-ethyl adjacent to an activating group) is 1. The summed E-state index contributed by atoms with van der Waals surface area (Å²) in [6.45, 7) is 4.54. The van der Waals surface area contributed by atoms with E-state index in [0.717, 1.165) is 44.9 Å². The van der Waals surface area contributed by atoms with E-state index in [9.17, 15) is 19.4 Å². The van der Waals surface area contributed by atoms with Gasteiger partial charge in [0.25, 0.3) is 0 Å². The molecule has 0 aliphatic carbocycles. The van der Waals surface area contributed by atoms with Gasteiger partial charge in [0.2, 0.25) is 5.91 Å². The van der Waals surface area contributed by atoms with Crippen molar-refractivity contribution in [1.29, 1.82) is 0 Å². The van der Waals surface area contributed by atoms with Crippen LogP contribution in [0.4, 0.5) is 0 Å². The zero-order valence-electron chi connectivity index (χ0n) is 28.2. The lowest BCUT2D eigenvalue weighted by molar-refractivity contribution is -0.870.